The summed E-state index contributed by atoms with van der Waals surface area (Å²) >= 11 is 0. The molecule has 1 fully saturated rings. The van der Waals surface area contributed by atoms with Gasteiger partial charge in [-0.15, -0.1) is 0 Å². The van der Waals surface area contributed by atoms with Gasteiger partial charge in [0, 0.05) is 12.3 Å². The third-order valence-corrected chi connectivity index (χ3v) is 5.90. The highest BCUT2D eigenvalue weighted by Gasteiger charge is 2.63. The lowest BCUT2D eigenvalue weighted by molar-refractivity contribution is -0.165. The van der Waals surface area contributed by atoms with Crippen molar-refractivity contribution in [3.63, 3.8) is 0 Å². The molecule has 8 nitrogen and oxygen atoms in total. The van der Waals surface area contributed by atoms with Gasteiger partial charge in [-0.3, -0.25) is 14.3 Å². The number of nitrogens with zero attached hydrogens (tertiary/aromatic N) is 1. The first-order valence-corrected chi connectivity index (χ1v) is 10.9. The Morgan fingerprint density at radius 3 is 2.24 bits per heavy atom. The van der Waals surface area contributed by atoms with Crippen LogP contribution in [0.3, 0.4) is 0 Å². The highest BCUT2D eigenvalue weighted by Crippen LogP contribution is 2.46. The summed E-state index contributed by atoms with van der Waals surface area (Å²) in [6.07, 6.45) is -1.31. The number of ether oxygens (including phenoxy) is 3. The van der Waals surface area contributed by atoms with Crippen molar-refractivity contribution >= 4 is 0 Å². The molecule has 1 aliphatic heterocycles. The molecule has 2 aromatic carbocycles. The van der Waals surface area contributed by atoms with Gasteiger partial charge in [0.25, 0.3) is 5.56 Å². The van der Waals surface area contributed by atoms with E-state index in [9.17, 15) is 19.1 Å². The highest BCUT2D eigenvalue weighted by atomic mass is 19.1. The molecule has 1 aliphatic rings. The molecule has 1 aromatic heterocycles. The number of aromatic amines is 1. The number of aromatic nitrogens is 2. The fraction of sp³-hybridized carbons (Fsp3) is 0.360. The van der Waals surface area contributed by atoms with E-state index in [0.717, 1.165) is 21.8 Å². The quantitative estimate of drug-likeness (QED) is 0.498. The summed E-state index contributed by atoms with van der Waals surface area (Å²) in [6.45, 7) is 0.426. The zero-order valence-electron chi connectivity index (χ0n) is 18.7. The topological polar surface area (TPSA) is 103 Å². The van der Waals surface area contributed by atoms with E-state index in [4.69, 9.17) is 14.2 Å². The summed E-state index contributed by atoms with van der Waals surface area (Å²) in [7, 11) is 0. The Bertz CT molecular complexity index is 1200. The lowest BCUT2D eigenvalue weighted by Gasteiger charge is -2.34. The van der Waals surface area contributed by atoms with Crippen molar-refractivity contribution in [2.75, 3.05) is 13.3 Å². The van der Waals surface area contributed by atoms with Gasteiger partial charge in [0.2, 0.25) is 0 Å². The minimum absolute atomic E-state index is 0.0820. The SMILES string of the molecule is C[C@@]1(O)[C@H](OCc2ccccc2)[C@@](CF)(COCc2ccccc2)O[C@H]1n1ccc(=O)[nH]c1=O. The van der Waals surface area contributed by atoms with Crippen LogP contribution in [0, 0.1) is 0 Å². The average molecular weight is 470 g/mol. The van der Waals surface area contributed by atoms with Crippen molar-refractivity contribution in [1.29, 1.82) is 0 Å². The maximum atomic E-state index is 14.7. The minimum Gasteiger partial charge on any atom is -0.383 e. The monoisotopic (exact) mass is 470 g/mol. The van der Waals surface area contributed by atoms with Crippen molar-refractivity contribution in [3.05, 3.63) is 105 Å². The molecule has 0 amide bonds. The predicted octanol–water partition coefficient (Wildman–Crippen LogP) is 2.33. The van der Waals surface area contributed by atoms with Crippen LogP contribution in [0.5, 0.6) is 0 Å². The fourth-order valence-electron chi connectivity index (χ4n) is 4.26. The molecule has 3 aromatic rings. The highest BCUT2D eigenvalue weighted by molar-refractivity contribution is 5.16. The fourth-order valence-corrected chi connectivity index (χ4v) is 4.26. The van der Waals surface area contributed by atoms with E-state index in [1.54, 1.807) is 0 Å². The van der Waals surface area contributed by atoms with Crippen LogP contribution in [-0.4, -0.2) is 45.2 Å². The molecule has 0 radical (unpaired) electrons. The molecule has 0 unspecified atom stereocenters. The second kappa shape index (κ2) is 10.0. The molecule has 0 saturated carbocycles. The van der Waals surface area contributed by atoms with Gasteiger partial charge in [0.15, 0.2) is 11.8 Å². The van der Waals surface area contributed by atoms with Gasteiger partial charge < -0.3 is 19.3 Å². The smallest absolute Gasteiger partial charge is 0.330 e. The first kappa shape index (κ1) is 24.0. The largest absolute Gasteiger partial charge is 0.383 e. The Balaban J connectivity index is 1.64. The van der Waals surface area contributed by atoms with Crippen LogP contribution in [0.1, 0.15) is 24.3 Å². The first-order valence-electron chi connectivity index (χ1n) is 10.9. The van der Waals surface area contributed by atoms with E-state index in [2.05, 4.69) is 4.98 Å². The van der Waals surface area contributed by atoms with Gasteiger partial charge >= 0.3 is 5.69 Å². The van der Waals surface area contributed by atoms with Gasteiger partial charge in [-0.25, -0.2) is 9.18 Å². The maximum Gasteiger partial charge on any atom is 0.330 e. The number of nitrogens with one attached hydrogen (secondary N) is 1. The Morgan fingerprint density at radius 2 is 1.65 bits per heavy atom. The summed E-state index contributed by atoms with van der Waals surface area (Å²) in [5, 5.41) is 11.5. The van der Waals surface area contributed by atoms with E-state index in [0.29, 0.717) is 0 Å². The van der Waals surface area contributed by atoms with E-state index in [1.807, 2.05) is 60.7 Å². The molecule has 9 heteroatoms. The molecule has 34 heavy (non-hydrogen) atoms. The zero-order valence-corrected chi connectivity index (χ0v) is 18.7. The number of benzene rings is 2. The lowest BCUT2D eigenvalue weighted by atomic mass is 9.88. The molecule has 0 aliphatic carbocycles. The maximum absolute atomic E-state index is 14.7. The second-order valence-electron chi connectivity index (χ2n) is 8.57. The van der Waals surface area contributed by atoms with Crippen LogP contribution in [0.2, 0.25) is 0 Å². The summed E-state index contributed by atoms with van der Waals surface area (Å²) in [5.74, 6) is 0. The number of rotatable bonds is 9. The molecule has 4 rings (SSSR count). The third kappa shape index (κ3) is 4.88. The summed E-state index contributed by atoms with van der Waals surface area (Å²) in [5.41, 5.74) is -3.22. The van der Waals surface area contributed by atoms with E-state index < -0.39 is 41.5 Å². The molecule has 0 spiro atoms. The van der Waals surface area contributed by atoms with Gasteiger partial charge in [0.05, 0.1) is 19.8 Å². The normalized spacial score (nSPS) is 26.6. The number of H-pyrrole nitrogens is 1. The number of hydrogen-bond acceptors (Lipinski definition) is 6. The molecule has 4 atom stereocenters. The van der Waals surface area contributed by atoms with Crippen molar-refractivity contribution in [3.8, 4) is 0 Å². The van der Waals surface area contributed by atoms with Crippen LogP contribution in [0.4, 0.5) is 4.39 Å². The predicted molar refractivity (Wildman–Crippen MR) is 122 cm³/mol. The summed E-state index contributed by atoms with van der Waals surface area (Å²) in [4.78, 5) is 26.1. The van der Waals surface area contributed by atoms with Crippen molar-refractivity contribution in [2.45, 2.75) is 43.7 Å². The standard InChI is InChI=1S/C25H27FN2O6/c1-24(31)21(33-15-19-10-6-3-7-11-19)25(16-26,17-32-14-18-8-4-2-5-9-18)34-22(24)28-13-12-20(29)27-23(28)30/h2-13,21-22,31H,14-17H2,1H3,(H,27,29,30)/t21-,22+,24+,25+/m0/s1. The van der Waals surface area contributed by atoms with E-state index in [1.165, 1.54) is 13.1 Å². The van der Waals surface area contributed by atoms with Crippen LogP contribution in [-0.2, 0) is 27.4 Å². The Labute approximate surface area is 195 Å². The van der Waals surface area contributed by atoms with E-state index in [-0.39, 0.29) is 19.8 Å². The number of aliphatic hydroxyl groups is 1. The van der Waals surface area contributed by atoms with E-state index >= 15 is 0 Å². The average Bonchev–Trinajstić information content (AvgIpc) is 3.05. The molecule has 0 bridgehead atoms. The third-order valence-electron chi connectivity index (χ3n) is 5.90. The summed E-state index contributed by atoms with van der Waals surface area (Å²) in [6, 6.07) is 19.7. The second-order valence-corrected chi connectivity index (χ2v) is 8.57. The molecular weight excluding hydrogens is 443 g/mol. The van der Waals surface area contributed by atoms with Gasteiger partial charge in [-0.2, -0.15) is 0 Å². The Kier molecular flexibility index (Phi) is 7.08. The van der Waals surface area contributed by atoms with Crippen molar-refractivity contribution in [2.24, 2.45) is 0 Å². The summed E-state index contributed by atoms with van der Waals surface area (Å²) < 4.78 is 33.6. The molecular formula is C25H27FN2O6. The number of halogens is 1. The van der Waals surface area contributed by atoms with Crippen LogP contribution >= 0.6 is 0 Å². The first-order chi connectivity index (χ1) is 16.4. The van der Waals surface area contributed by atoms with Crippen molar-refractivity contribution < 1.29 is 23.7 Å². The van der Waals surface area contributed by atoms with Gasteiger partial charge in [0.1, 0.15) is 18.4 Å². The Hall–Kier alpha value is -3.11. The van der Waals surface area contributed by atoms with Gasteiger partial charge in [-0.05, 0) is 18.1 Å². The lowest BCUT2D eigenvalue weighted by Crippen LogP contribution is -2.54. The van der Waals surface area contributed by atoms with Crippen LogP contribution in [0.25, 0.3) is 0 Å². The van der Waals surface area contributed by atoms with Crippen LogP contribution < -0.4 is 11.2 Å². The molecule has 180 valence electrons. The molecule has 1 saturated heterocycles. The zero-order chi connectivity index (χ0) is 24.2. The van der Waals surface area contributed by atoms with Crippen LogP contribution in [0.15, 0.2) is 82.5 Å². The molecule has 2 heterocycles. The number of alkyl halides is 1. The van der Waals surface area contributed by atoms with Gasteiger partial charge in [-0.1, -0.05) is 60.7 Å². The molecule has 2 N–H and O–H groups in total. The van der Waals surface area contributed by atoms with Crippen molar-refractivity contribution in [1.82, 2.24) is 9.55 Å². The Morgan fingerprint density at radius 1 is 1.03 bits per heavy atom. The number of hydrogen-bond donors (Lipinski definition) is 2. The minimum atomic E-state index is -1.83.